The lowest BCUT2D eigenvalue weighted by Crippen LogP contribution is -2.60. The number of nitro benzene ring substituents is 1. The number of allylic oxidation sites excluding steroid dienone is 3. The van der Waals surface area contributed by atoms with Gasteiger partial charge in [0.25, 0.3) is 17.5 Å². The third-order valence-electron chi connectivity index (χ3n) is 10.3. The lowest BCUT2D eigenvalue weighted by molar-refractivity contribution is -0.384. The third kappa shape index (κ3) is 4.47. The number of benzene rings is 3. The molecule has 4 amide bonds. The topological polar surface area (TPSA) is 138 Å². The van der Waals surface area contributed by atoms with Gasteiger partial charge in [0.1, 0.15) is 11.4 Å². The van der Waals surface area contributed by atoms with Gasteiger partial charge in [-0.3, -0.25) is 29.3 Å². The number of hydrogen-bond donors (Lipinski definition) is 1. The highest BCUT2D eigenvalue weighted by atomic mass is 35.5. The van der Waals surface area contributed by atoms with E-state index >= 15 is 8.78 Å². The number of anilines is 2. The molecular weight excluding hydrogens is 740 g/mol. The predicted octanol–water partition coefficient (Wildman–Crippen LogP) is 6.49. The van der Waals surface area contributed by atoms with Crippen LogP contribution in [0.3, 0.4) is 0 Å². The maximum Gasteiger partial charge on any atom is 0.271 e. The van der Waals surface area contributed by atoms with Gasteiger partial charge in [0.05, 0.1) is 22.4 Å². The Bertz CT molecular complexity index is 2210. The average molecular weight is 762 g/mol. The van der Waals surface area contributed by atoms with Gasteiger partial charge in [-0.15, -0.1) is 29.8 Å². The minimum absolute atomic E-state index is 0.0790. The summed E-state index contributed by atoms with van der Waals surface area (Å²) >= 11 is 14.2. The second kappa shape index (κ2) is 12.0. The van der Waals surface area contributed by atoms with E-state index in [1.165, 1.54) is 42.5 Å². The van der Waals surface area contributed by atoms with Crippen LogP contribution in [0, 0.1) is 57.0 Å². The number of fused-ring (bicyclic) bond motifs is 4. The number of para-hydroxylation sites is 1. The molecular formula is C35H22Cl2F5N3O7. The molecule has 52 heavy (non-hydrogen) atoms. The number of carbonyl (C=O) groups excluding carboxylic acids is 4. The van der Waals surface area contributed by atoms with E-state index in [0.29, 0.717) is 0 Å². The summed E-state index contributed by atoms with van der Waals surface area (Å²) in [6, 6.07) is 9.01. The fraction of sp³-hybridized carbons (Fsp3) is 0.257. The van der Waals surface area contributed by atoms with Gasteiger partial charge in [-0.25, -0.2) is 31.8 Å². The Morgan fingerprint density at radius 1 is 0.904 bits per heavy atom. The van der Waals surface area contributed by atoms with Crippen molar-refractivity contribution in [3.05, 3.63) is 117 Å². The molecule has 6 atom stereocenters. The number of phenols is 1. The van der Waals surface area contributed by atoms with E-state index in [1.807, 2.05) is 0 Å². The molecule has 0 aromatic heterocycles. The Morgan fingerprint density at radius 2 is 1.54 bits per heavy atom. The molecule has 1 N–H and O–H groups in total. The van der Waals surface area contributed by atoms with Crippen molar-refractivity contribution in [1.82, 2.24) is 0 Å². The van der Waals surface area contributed by atoms with Crippen molar-refractivity contribution in [3.8, 4) is 5.75 Å². The minimum Gasteiger partial charge on any atom is -0.507 e. The summed E-state index contributed by atoms with van der Waals surface area (Å²) in [5.41, 5.74) is -2.24. The number of aromatic hydroxyl groups is 1. The zero-order chi connectivity index (χ0) is 37.8. The molecule has 10 nitrogen and oxygen atoms in total. The Balaban J connectivity index is 1.44. The van der Waals surface area contributed by atoms with Crippen LogP contribution >= 0.6 is 23.2 Å². The Kier molecular flexibility index (Phi) is 8.10. The molecule has 6 unspecified atom stereocenters. The molecule has 2 aliphatic carbocycles. The monoisotopic (exact) mass is 761 g/mol. The van der Waals surface area contributed by atoms with Crippen LogP contribution in [0.15, 0.2) is 66.8 Å². The number of amides is 4. The van der Waals surface area contributed by atoms with Gasteiger partial charge in [-0.05, 0) is 36.8 Å². The fourth-order valence-electron chi connectivity index (χ4n) is 8.08. The lowest BCUT2D eigenvalue weighted by Gasteiger charge is -2.50. The van der Waals surface area contributed by atoms with Crippen LogP contribution in [0.5, 0.6) is 5.75 Å². The predicted molar refractivity (Wildman–Crippen MR) is 174 cm³/mol. The maximum atomic E-state index is 15.3. The largest absolute Gasteiger partial charge is 0.507 e. The standard InChI is InChI=1S/C35H22Cl2F5N3O7/c1-2-5-14-6-3-9-19(29(14)46)22-17-10-11-18-21(31(48)43(30(18)47)15-7-4-8-16(12-15)45(51)52)20(17)13-34(36)32(49)44(33(50)35(22,34)37)28-26(41)24(39)23(38)25(40)27(28)42/h2-4,6-10,12,18,20-22,46H,1,5,11,13H2. The molecule has 3 aromatic carbocycles. The quantitative estimate of drug-likeness (QED) is 0.0443. The molecule has 0 spiro atoms. The SMILES string of the molecule is C=CCc1cccc(C2C3=CCC4C(=O)N(c5cccc([N+](=O)[O-])c5)C(=O)C4C3CC3(Cl)C(=O)N(c4c(F)c(F)c(F)c(F)c4F)C(=O)C23Cl)c1O. The number of nitrogens with zero attached hydrogens (tertiary/aromatic N) is 3. The van der Waals surface area contributed by atoms with Crippen molar-refractivity contribution in [2.24, 2.45) is 17.8 Å². The second-order valence-electron chi connectivity index (χ2n) is 12.8. The van der Waals surface area contributed by atoms with Crippen LogP contribution in [0.25, 0.3) is 0 Å². The van der Waals surface area contributed by atoms with E-state index < -0.39 is 115 Å². The molecule has 1 saturated carbocycles. The number of rotatable bonds is 6. The van der Waals surface area contributed by atoms with E-state index in [1.54, 1.807) is 0 Å². The normalized spacial score (nSPS) is 28.1. The van der Waals surface area contributed by atoms with E-state index in [0.717, 1.165) is 17.0 Å². The Hall–Kier alpha value is -5.15. The first kappa shape index (κ1) is 35.3. The van der Waals surface area contributed by atoms with Gasteiger partial charge in [-0.1, -0.05) is 42.0 Å². The van der Waals surface area contributed by atoms with Crippen LogP contribution in [-0.4, -0.2) is 43.4 Å². The number of hydrogen-bond acceptors (Lipinski definition) is 7. The third-order valence-corrected chi connectivity index (χ3v) is 11.8. The number of alkyl halides is 2. The number of carbonyl (C=O) groups is 4. The lowest BCUT2D eigenvalue weighted by atomic mass is 9.56. The zero-order valence-electron chi connectivity index (χ0n) is 26.2. The van der Waals surface area contributed by atoms with Crippen LogP contribution in [0.4, 0.5) is 39.0 Å². The molecule has 0 radical (unpaired) electrons. The minimum atomic E-state index is -2.82. The number of halogens is 7. The van der Waals surface area contributed by atoms with Crippen LogP contribution in [0.1, 0.15) is 29.9 Å². The van der Waals surface area contributed by atoms with Crippen LogP contribution in [-0.2, 0) is 25.6 Å². The van der Waals surface area contributed by atoms with Gasteiger partial charge in [-0.2, -0.15) is 0 Å². The Labute approximate surface area is 299 Å². The van der Waals surface area contributed by atoms with Crippen molar-refractivity contribution in [3.63, 3.8) is 0 Å². The molecule has 0 bridgehead atoms. The zero-order valence-corrected chi connectivity index (χ0v) is 27.7. The van der Waals surface area contributed by atoms with E-state index in [9.17, 15) is 47.6 Å². The number of non-ortho nitro benzene ring substituents is 1. The van der Waals surface area contributed by atoms with Crippen molar-refractivity contribution in [2.75, 3.05) is 9.80 Å². The summed E-state index contributed by atoms with van der Waals surface area (Å²) in [5, 5.41) is 23.0. The first-order valence-electron chi connectivity index (χ1n) is 15.5. The van der Waals surface area contributed by atoms with Crippen molar-refractivity contribution < 1.29 is 51.2 Å². The highest BCUT2D eigenvalue weighted by Gasteiger charge is 2.77. The molecule has 268 valence electrons. The molecule has 2 heterocycles. The van der Waals surface area contributed by atoms with Crippen molar-refractivity contribution in [2.45, 2.75) is 34.9 Å². The van der Waals surface area contributed by atoms with Crippen LogP contribution in [0.2, 0.25) is 0 Å². The van der Waals surface area contributed by atoms with Crippen molar-refractivity contribution >= 4 is 63.9 Å². The summed E-state index contributed by atoms with van der Waals surface area (Å²) < 4.78 is 73.5. The summed E-state index contributed by atoms with van der Waals surface area (Å²) in [7, 11) is 0. The molecule has 7 rings (SSSR count). The highest BCUT2D eigenvalue weighted by Crippen LogP contribution is 2.67. The average Bonchev–Trinajstić information content (AvgIpc) is 3.46. The molecule has 2 saturated heterocycles. The van der Waals surface area contributed by atoms with Gasteiger partial charge in [0.15, 0.2) is 33.0 Å². The Morgan fingerprint density at radius 3 is 2.17 bits per heavy atom. The second-order valence-corrected chi connectivity index (χ2v) is 14.1. The molecule has 2 aliphatic heterocycles. The molecule has 3 fully saturated rings. The summed E-state index contributed by atoms with van der Waals surface area (Å²) in [5.74, 6) is -23.3. The number of phenolic OH excluding ortho intramolecular Hbond substituents is 1. The maximum absolute atomic E-state index is 15.3. The van der Waals surface area contributed by atoms with Gasteiger partial charge in [0, 0.05) is 23.6 Å². The molecule has 4 aliphatic rings. The smallest absolute Gasteiger partial charge is 0.271 e. The highest BCUT2D eigenvalue weighted by molar-refractivity contribution is 6.58. The number of imide groups is 2. The summed E-state index contributed by atoms with van der Waals surface area (Å²) in [4.78, 5) is 62.4. The molecule has 17 heteroatoms. The van der Waals surface area contributed by atoms with Gasteiger partial charge < -0.3 is 5.11 Å². The summed E-state index contributed by atoms with van der Waals surface area (Å²) in [6.45, 7) is 3.64. The van der Waals surface area contributed by atoms with Crippen molar-refractivity contribution in [1.29, 1.82) is 0 Å². The van der Waals surface area contributed by atoms with Gasteiger partial charge >= 0.3 is 0 Å². The van der Waals surface area contributed by atoms with Gasteiger partial charge in [0.2, 0.25) is 17.6 Å². The summed E-state index contributed by atoms with van der Waals surface area (Å²) in [6.07, 6.45) is 2.07. The van der Waals surface area contributed by atoms with Crippen LogP contribution < -0.4 is 9.80 Å². The molecule has 3 aromatic rings. The van der Waals surface area contributed by atoms with E-state index in [2.05, 4.69) is 6.58 Å². The fourth-order valence-corrected chi connectivity index (χ4v) is 9.00. The first-order chi connectivity index (χ1) is 24.5. The van der Waals surface area contributed by atoms with E-state index in [-0.39, 0.29) is 40.1 Å². The van der Waals surface area contributed by atoms with E-state index in [4.69, 9.17) is 23.2 Å². The number of nitro groups is 1. The first-order valence-corrected chi connectivity index (χ1v) is 16.3.